The normalized spacial score (nSPS) is 11.5. The SMILES string of the molecule is CCCc1nc(C)c2c(-n3ccnn3)nc3ccc(OC)nc3n12. The van der Waals surface area contributed by atoms with E-state index in [0.717, 1.165) is 41.0 Å². The molecule has 4 aromatic rings. The largest absolute Gasteiger partial charge is 0.481 e. The Hall–Kier alpha value is -3.03. The lowest BCUT2D eigenvalue weighted by Gasteiger charge is -2.10. The third-order valence-electron chi connectivity index (χ3n) is 3.92. The zero-order valence-corrected chi connectivity index (χ0v) is 13.8. The van der Waals surface area contributed by atoms with Gasteiger partial charge in [0.2, 0.25) is 5.88 Å². The van der Waals surface area contributed by atoms with Crippen molar-refractivity contribution in [2.24, 2.45) is 0 Å². The maximum Gasteiger partial charge on any atom is 0.215 e. The van der Waals surface area contributed by atoms with Gasteiger partial charge in [0.1, 0.15) is 16.9 Å². The molecule has 8 heteroatoms. The third-order valence-corrected chi connectivity index (χ3v) is 3.92. The summed E-state index contributed by atoms with van der Waals surface area (Å²) >= 11 is 0. The number of aromatic nitrogens is 7. The number of imidazole rings is 1. The number of pyridine rings is 1. The first-order valence-electron chi connectivity index (χ1n) is 7.82. The zero-order chi connectivity index (χ0) is 16.7. The lowest BCUT2D eigenvalue weighted by atomic mass is 10.3. The molecular formula is C16H17N7O. The van der Waals surface area contributed by atoms with Gasteiger partial charge >= 0.3 is 0 Å². The second-order valence-electron chi connectivity index (χ2n) is 5.53. The highest BCUT2D eigenvalue weighted by atomic mass is 16.5. The Kier molecular flexibility index (Phi) is 3.37. The molecule has 0 aliphatic rings. The first kappa shape index (κ1) is 14.6. The minimum atomic E-state index is 0.549. The van der Waals surface area contributed by atoms with Crippen molar-refractivity contribution in [3.63, 3.8) is 0 Å². The van der Waals surface area contributed by atoms with Crippen LogP contribution in [0.5, 0.6) is 5.88 Å². The molecule has 8 nitrogen and oxygen atoms in total. The monoisotopic (exact) mass is 323 g/mol. The number of hydrogen-bond acceptors (Lipinski definition) is 6. The number of methoxy groups -OCH3 is 1. The maximum atomic E-state index is 5.28. The molecule has 0 aromatic carbocycles. The van der Waals surface area contributed by atoms with Gasteiger partial charge in [-0.15, -0.1) is 5.10 Å². The van der Waals surface area contributed by atoms with Crippen molar-refractivity contribution in [2.45, 2.75) is 26.7 Å². The van der Waals surface area contributed by atoms with Gasteiger partial charge in [0.05, 0.1) is 25.2 Å². The van der Waals surface area contributed by atoms with Gasteiger partial charge in [-0.2, -0.15) is 4.98 Å². The highest BCUT2D eigenvalue weighted by molar-refractivity contribution is 5.81. The van der Waals surface area contributed by atoms with E-state index >= 15 is 0 Å². The molecule has 24 heavy (non-hydrogen) atoms. The van der Waals surface area contributed by atoms with Crippen LogP contribution in [-0.4, -0.2) is 41.5 Å². The van der Waals surface area contributed by atoms with E-state index < -0.39 is 0 Å². The summed E-state index contributed by atoms with van der Waals surface area (Å²) in [5.41, 5.74) is 3.26. The number of fused-ring (bicyclic) bond motifs is 3. The van der Waals surface area contributed by atoms with Gasteiger partial charge in [-0.05, 0) is 19.4 Å². The van der Waals surface area contributed by atoms with Crippen LogP contribution in [0, 0.1) is 6.92 Å². The van der Waals surface area contributed by atoms with Crippen LogP contribution in [0.2, 0.25) is 0 Å². The van der Waals surface area contributed by atoms with Crippen LogP contribution < -0.4 is 4.74 Å². The van der Waals surface area contributed by atoms with Crippen molar-refractivity contribution in [2.75, 3.05) is 7.11 Å². The van der Waals surface area contributed by atoms with Crippen LogP contribution in [0.4, 0.5) is 0 Å². The fourth-order valence-electron chi connectivity index (χ4n) is 2.91. The van der Waals surface area contributed by atoms with Crippen LogP contribution in [0.3, 0.4) is 0 Å². The molecule has 4 aromatic heterocycles. The van der Waals surface area contributed by atoms with Crippen molar-refractivity contribution >= 4 is 16.7 Å². The van der Waals surface area contributed by atoms with E-state index in [1.54, 1.807) is 30.3 Å². The Bertz CT molecular complexity index is 1020. The van der Waals surface area contributed by atoms with Gasteiger partial charge in [-0.3, -0.25) is 4.40 Å². The summed E-state index contributed by atoms with van der Waals surface area (Å²) in [5, 5.41) is 7.98. The number of hydrogen-bond donors (Lipinski definition) is 0. The summed E-state index contributed by atoms with van der Waals surface area (Å²) in [6.07, 6.45) is 5.25. The predicted octanol–water partition coefficient (Wildman–Crippen LogP) is 2.13. The second kappa shape index (κ2) is 5.55. The molecule has 0 atom stereocenters. The van der Waals surface area contributed by atoms with Gasteiger partial charge in [0, 0.05) is 12.5 Å². The highest BCUT2D eigenvalue weighted by Gasteiger charge is 2.19. The Morgan fingerprint density at radius 1 is 1.17 bits per heavy atom. The summed E-state index contributed by atoms with van der Waals surface area (Å²) in [7, 11) is 1.61. The van der Waals surface area contributed by atoms with E-state index in [1.807, 2.05) is 13.0 Å². The lowest BCUT2D eigenvalue weighted by molar-refractivity contribution is 0.399. The number of aryl methyl sites for hydroxylation is 2. The molecule has 4 rings (SSSR count). The van der Waals surface area contributed by atoms with Crippen molar-refractivity contribution < 1.29 is 4.74 Å². The average molecular weight is 323 g/mol. The predicted molar refractivity (Wildman–Crippen MR) is 88.5 cm³/mol. The number of ether oxygens (including phenoxy) is 1. The smallest absolute Gasteiger partial charge is 0.215 e. The number of nitrogens with zero attached hydrogens (tertiary/aromatic N) is 7. The molecule has 0 aliphatic carbocycles. The molecule has 0 N–H and O–H groups in total. The zero-order valence-electron chi connectivity index (χ0n) is 13.8. The van der Waals surface area contributed by atoms with Gasteiger partial charge in [0.15, 0.2) is 11.5 Å². The Morgan fingerprint density at radius 3 is 2.75 bits per heavy atom. The Morgan fingerprint density at radius 2 is 2.04 bits per heavy atom. The second-order valence-corrected chi connectivity index (χ2v) is 5.53. The first-order valence-corrected chi connectivity index (χ1v) is 7.82. The minimum Gasteiger partial charge on any atom is -0.481 e. The molecule has 0 spiro atoms. The summed E-state index contributed by atoms with van der Waals surface area (Å²) in [5.74, 6) is 2.20. The van der Waals surface area contributed by atoms with Gasteiger partial charge in [-0.1, -0.05) is 12.1 Å². The van der Waals surface area contributed by atoms with E-state index in [2.05, 4.69) is 26.6 Å². The Labute approximate surface area is 138 Å². The molecule has 0 aliphatic heterocycles. The van der Waals surface area contributed by atoms with Crippen molar-refractivity contribution in [1.29, 1.82) is 0 Å². The number of rotatable bonds is 4. The minimum absolute atomic E-state index is 0.549. The quantitative estimate of drug-likeness (QED) is 0.572. The van der Waals surface area contributed by atoms with Gasteiger partial charge < -0.3 is 4.74 Å². The summed E-state index contributed by atoms with van der Waals surface area (Å²) < 4.78 is 8.99. The van der Waals surface area contributed by atoms with Gasteiger partial charge in [-0.25, -0.2) is 14.6 Å². The van der Waals surface area contributed by atoms with Crippen LogP contribution in [0.25, 0.3) is 22.5 Å². The molecule has 0 saturated heterocycles. The van der Waals surface area contributed by atoms with E-state index in [4.69, 9.17) is 14.7 Å². The summed E-state index contributed by atoms with van der Waals surface area (Å²) in [6, 6.07) is 3.70. The molecule has 0 fully saturated rings. The molecule has 0 amide bonds. The summed E-state index contributed by atoms with van der Waals surface area (Å²) in [4.78, 5) is 14.1. The lowest BCUT2D eigenvalue weighted by Crippen LogP contribution is -2.07. The van der Waals surface area contributed by atoms with Crippen molar-refractivity contribution in [3.8, 4) is 11.7 Å². The van der Waals surface area contributed by atoms with E-state index in [-0.39, 0.29) is 0 Å². The third kappa shape index (κ3) is 2.10. The van der Waals surface area contributed by atoms with Crippen LogP contribution in [-0.2, 0) is 6.42 Å². The van der Waals surface area contributed by atoms with E-state index in [1.165, 1.54) is 0 Å². The van der Waals surface area contributed by atoms with Crippen LogP contribution in [0.15, 0.2) is 24.5 Å². The molecule has 122 valence electrons. The molecule has 0 bridgehead atoms. The fourth-order valence-corrected chi connectivity index (χ4v) is 2.91. The summed E-state index contributed by atoms with van der Waals surface area (Å²) in [6.45, 7) is 4.11. The molecule has 0 unspecified atom stereocenters. The standard InChI is InChI=1S/C16H17N7O/c1-4-5-12-18-10(2)14-16(22-9-8-17-21-22)19-11-6-7-13(24-3)20-15(11)23(12)14/h6-9H,4-5H2,1-3H3. The fraction of sp³-hybridized carbons (Fsp3) is 0.312. The van der Waals surface area contributed by atoms with Crippen LogP contribution >= 0.6 is 0 Å². The molecule has 4 heterocycles. The van der Waals surface area contributed by atoms with Crippen LogP contribution in [0.1, 0.15) is 24.9 Å². The first-order chi connectivity index (χ1) is 11.7. The van der Waals surface area contributed by atoms with E-state index in [9.17, 15) is 0 Å². The van der Waals surface area contributed by atoms with Crippen molar-refractivity contribution in [1.82, 2.24) is 34.3 Å². The molecular weight excluding hydrogens is 306 g/mol. The van der Waals surface area contributed by atoms with Crippen molar-refractivity contribution in [3.05, 3.63) is 36.0 Å². The topological polar surface area (TPSA) is 83.0 Å². The average Bonchev–Trinajstić information content (AvgIpc) is 3.23. The van der Waals surface area contributed by atoms with Gasteiger partial charge in [0.25, 0.3) is 0 Å². The maximum absolute atomic E-state index is 5.28. The highest BCUT2D eigenvalue weighted by Crippen LogP contribution is 2.26. The molecule has 0 radical (unpaired) electrons. The van der Waals surface area contributed by atoms with E-state index in [0.29, 0.717) is 11.7 Å². The molecule has 0 saturated carbocycles. The Balaban J connectivity index is 2.17.